The first kappa shape index (κ1) is 15.5. The van der Waals surface area contributed by atoms with Crippen LogP contribution in [0.25, 0.3) is 22.2 Å². The van der Waals surface area contributed by atoms with Gasteiger partial charge in [0.1, 0.15) is 6.54 Å². The lowest BCUT2D eigenvalue weighted by Gasteiger charge is -2.07. The van der Waals surface area contributed by atoms with E-state index in [-0.39, 0.29) is 12.5 Å². The lowest BCUT2D eigenvalue weighted by atomic mass is 10.1. The summed E-state index contributed by atoms with van der Waals surface area (Å²) in [5.41, 5.74) is 4.72. The van der Waals surface area contributed by atoms with Crippen LogP contribution in [-0.4, -0.2) is 27.8 Å². The molecule has 3 aromatic rings. The Labute approximate surface area is 138 Å². The second-order valence-electron chi connectivity index (χ2n) is 5.38. The van der Waals surface area contributed by atoms with Crippen molar-refractivity contribution < 1.29 is 9.53 Å². The first-order chi connectivity index (χ1) is 11.0. The van der Waals surface area contributed by atoms with Crippen molar-refractivity contribution in [3.05, 3.63) is 46.7 Å². The number of halogens is 1. The molecule has 2 heterocycles. The maximum absolute atomic E-state index is 11.7. The molecule has 0 spiro atoms. The number of nitrogens with zero attached hydrogens (tertiary/aromatic N) is 3. The van der Waals surface area contributed by atoms with Gasteiger partial charge in [-0.05, 0) is 38.1 Å². The molecule has 0 atom stereocenters. The van der Waals surface area contributed by atoms with E-state index in [4.69, 9.17) is 16.3 Å². The molecule has 0 amide bonds. The summed E-state index contributed by atoms with van der Waals surface area (Å²) < 4.78 is 6.74. The van der Waals surface area contributed by atoms with Crippen LogP contribution in [0.4, 0.5) is 0 Å². The van der Waals surface area contributed by atoms with Crippen molar-refractivity contribution in [3.8, 4) is 11.3 Å². The molecule has 0 N–H and O–H groups in total. The molecule has 6 heteroatoms. The van der Waals surface area contributed by atoms with E-state index < -0.39 is 0 Å². The average Bonchev–Trinajstić information content (AvgIpc) is 2.80. The third-order valence-electron chi connectivity index (χ3n) is 3.88. The minimum absolute atomic E-state index is 0.156. The Morgan fingerprint density at radius 1 is 1.22 bits per heavy atom. The number of benzene rings is 1. The fraction of sp³-hybridized carbons (Fsp3) is 0.235. The van der Waals surface area contributed by atoms with Crippen LogP contribution in [-0.2, 0) is 16.1 Å². The fourth-order valence-corrected chi connectivity index (χ4v) is 2.87. The zero-order valence-corrected chi connectivity index (χ0v) is 13.9. The molecule has 0 unspecified atom stereocenters. The highest BCUT2D eigenvalue weighted by atomic mass is 35.5. The van der Waals surface area contributed by atoms with Gasteiger partial charge in [0, 0.05) is 22.2 Å². The largest absolute Gasteiger partial charge is 0.468 e. The number of hydrogen-bond acceptors (Lipinski definition) is 4. The molecule has 0 aliphatic heterocycles. The summed E-state index contributed by atoms with van der Waals surface area (Å²) in [6.45, 7) is 4.15. The highest BCUT2D eigenvalue weighted by Gasteiger charge is 2.18. The minimum Gasteiger partial charge on any atom is -0.468 e. The van der Waals surface area contributed by atoms with Gasteiger partial charge >= 0.3 is 5.97 Å². The number of hydrogen-bond donors (Lipinski definition) is 0. The van der Waals surface area contributed by atoms with Gasteiger partial charge in [-0.3, -0.25) is 4.79 Å². The Hall–Kier alpha value is -2.40. The number of fused-ring (bicyclic) bond motifs is 1. The van der Waals surface area contributed by atoms with Gasteiger partial charge in [-0.25, -0.2) is 0 Å². The van der Waals surface area contributed by atoms with Gasteiger partial charge in [-0.1, -0.05) is 23.2 Å². The Balaban J connectivity index is 2.28. The fourth-order valence-electron chi connectivity index (χ4n) is 2.77. The molecule has 0 aliphatic rings. The normalized spacial score (nSPS) is 11.0. The van der Waals surface area contributed by atoms with Gasteiger partial charge in [0.05, 0.1) is 12.8 Å². The Morgan fingerprint density at radius 2 is 2.00 bits per heavy atom. The van der Waals surface area contributed by atoms with Crippen LogP contribution in [0.15, 0.2) is 30.3 Å². The van der Waals surface area contributed by atoms with Crippen LogP contribution in [0.3, 0.4) is 0 Å². The molecular weight excluding hydrogens is 314 g/mol. The van der Waals surface area contributed by atoms with Crippen molar-refractivity contribution in [2.24, 2.45) is 0 Å². The monoisotopic (exact) mass is 329 g/mol. The number of carbonyl (C=O) groups excluding carboxylic acids is 1. The SMILES string of the molecule is COC(=O)Cn1c(C)c(-c2ccc(Cl)nn2)c2cc(C)ccc21. The van der Waals surface area contributed by atoms with Crippen LogP contribution in [0, 0.1) is 13.8 Å². The second kappa shape index (κ2) is 6.01. The van der Waals surface area contributed by atoms with E-state index in [0.717, 1.165) is 33.4 Å². The number of carbonyl (C=O) groups is 1. The van der Waals surface area contributed by atoms with E-state index in [2.05, 4.69) is 16.3 Å². The Morgan fingerprint density at radius 3 is 2.65 bits per heavy atom. The molecule has 2 aromatic heterocycles. The first-order valence-electron chi connectivity index (χ1n) is 7.17. The summed E-state index contributed by atoms with van der Waals surface area (Å²) in [5, 5.41) is 9.50. The molecule has 0 aliphatic carbocycles. The summed E-state index contributed by atoms with van der Waals surface area (Å²) in [7, 11) is 1.39. The molecule has 0 saturated carbocycles. The van der Waals surface area contributed by atoms with E-state index in [1.165, 1.54) is 7.11 Å². The van der Waals surface area contributed by atoms with Gasteiger partial charge in [0.2, 0.25) is 0 Å². The van der Waals surface area contributed by atoms with Crippen LogP contribution in [0.1, 0.15) is 11.3 Å². The zero-order chi connectivity index (χ0) is 16.6. The van der Waals surface area contributed by atoms with Crippen molar-refractivity contribution >= 4 is 28.5 Å². The standard InChI is InChI=1S/C17H16ClN3O2/c1-10-4-6-14-12(8-10)17(13-5-7-15(18)20-19-13)11(2)21(14)9-16(22)23-3/h4-8H,9H2,1-3H3. The molecule has 118 valence electrons. The molecule has 1 aromatic carbocycles. The van der Waals surface area contributed by atoms with Gasteiger partial charge in [-0.2, -0.15) is 0 Å². The van der Waals surface area contributed by atoms with E-state index in [1.54, 1.807) is 6.07 Å². The average molecular weight is 330 g/mol. The quantitative estimate of drug-likeness (QED) is 0.690. The molecule has 0 radical (unpaired) electrons. The van der Waals surface area contributed by atoms with E-state index >= 15 is 0 Å². The Kier molecular flexibility index (Phi) is 4.05. The van der Waals surface area contributed by atoms with Gasteiger partial charge < -0.3 is 9.30 Å². The summed E-state index contributed by atoms with van der Waals surface area (Å²) >= 11 is 5.84. The molecule has 5 nitrogen and oxygen atoms in total. The van der Waals surface area contributed by atoms with E-state index in [9.17, 15) is 4.79 Å². The Bertz CT molecular complexity index is 885. The maximum atomic E-state index is 11.7. The number of rotatable bonds is 3. The zero-order valence-electron chi connectivity index (χ0n) is 13.1. The number of ether oxygens (including phenoxy) is 1. The lowest BCUT2D eigenvalue weighted by Crippen LogP contribution is -2.12. The third-order valence-corrected chi connectivity index (χ3v) is 4.08. The summed E-state index contributed by atoms with van der Waals surface area (Å²) in [4.78, 5) is 11.7. The van der Waals surface area contributed by atoms with Gasteiger partial charge in [0.15, 0.2) is 5.15 Å². The van der Waals surface area contributed by atoms with Crippen molar-refractivity contribution in [2.75, 3.05) is 7.11 Å². The smallest absolute Gasteiger partial charge is 0.325 e. The topological polar surface area (TPSA) is 57.0 Å². The summed E-state index contributed by atoms with van der Waals surface area (Å²) in [6, 6.07) is 9.66. The molecule has 0 fully saturated rings. The predicted molar refractivity (Wildman–Crippen MR) is 89.5 cm³/mol. The summed E-state index contributed by atoms with van der Waals surface area (Å²) in [6.07, 6.45) is 0. The van der Waals surface area contributed by atoms with E-state index in [0.29, 0.717) is 5.15 Å². The van der Waals surface area contributed by atoms with Gasteiger partial charge in [0.25, 0.3) is 0 Å². The highest BCUT2D eigenvalue weighted by Crippen LogP contribution is 2.34. The van der Waals surface area contributed by atoms with Crippen molar-refractivity contribution in [1.82, 2.24) is 14.8 Å². The lowest BCUT2D eigenvalue weighted by molar-refractivity contribution is -0.141. The van der Waals surface area contributed by atoms with Crippen LogP contribution in [0.5, 0.6) is 0 Å². The molecule has 0 saturated heterocycles. The van der Waals surface area contributed by atoms with Crippen LogP contribution < -0.4 is 0 Å². The molecule has 3 rings (SSSR count). The van der Waals surface area contributed by atoms with Crippen LogP contribution >= 0.6 is 11.6 Å². The molecule has 0 bridgehead atoms. The van der Waals surface area contributed by atoms with Gasteiger partial charge in [-0.15, -0.1) is 10.2 Å². The number of esters is 1. The third kappa shape index (κ3) is 2.80. The first-order valence-corrected chi connectivity index (χ1v) is 7.55. The minimum atomic E-state index is -0.292. The number of aryl methyl sites for hydroxylation is 1. The van der Waals surface area contributed by atoms with Crippen molar-refractivity contribution in [1.29, 1.82) is 0 Å². The molecule has 23 heavy (non-hydrogen) atoms. The highest BCUT2D eigenvalue weighted by molar-refractivity contribution is 6.29. The molecular formula is C17H16ClN3O2. The number of methoxy groups -OCH3 is 1. The number of aromatic nitrogens is 3. The predicted octanol–water partition coefficient (Wildman–Crippen LogP) is 3.54. The second-order valence-corrected chi connectivity index (χ2v) is 5.77. The van der Waals surface area contributed by atoms with Crippen molar-refractivity contribution in [2.45, 2.75) is 20.4 Å². The van der Waals surface area contributed by atoms with Crippen molar-refractivity contribution in [3.63, 3.8) is 0 Å². The van der Waals surface area contributed by atoms with E-state index in [1.807, 2.05) is 36.6 Å². The van der Waals surface area contributed by atoms with Crippen LogP contribution in [0.2, 0.25) is 5.15 Å². The maximum Gasteiger partial charge on any atom is 0.325 e. The summed E-state index contributed by atoms with van der Waals surface area (Å²) in [5.74, 6) is -0.292.